The van der Waals surface area contributed by atoms with E-state index in [4.69, 9.17) is 15.2 Å². The second kappa shape index (κ2) is 8.91. The number of amides is 1. The molecule has 0 aliphatic heterocycles. The second-order valence-electron chi connectivity index (χ2n) is 7.08. The first-order valence-corrected chi connectivity index (χ1v) is 9.59. The summed E-state index contributed by atoms with van der Waals surface area (Å²) in [5.74, 6) is 1.45. The number of carbonyl (C=O) groups is 1. The van der Waals surface area contributed by atoms with Gasteiger partial charge in [-0.15, -0.1) is 0 Å². The van der Waals surface area contributed by atoms with Crippen LogP contribution in [0.2, 0.25) is 0 Å². The summed E-state index contributed by atoms with van der Waals surface area (Å²) in [6.07, 6.45) is 4.96. The first-order chi connectivity index (χ1) is 13.1. The van der Waals surface area contributed by atoms with Crippen LogP contribution in [0.3, 0.4) is 0 Å². The predicted molar refractivity (Wildman–Crippen MR) is 108 cm³/mol. The van der Waals surface area contributed by atoms with E-state index in [-0.39, 0.29) is 5.91 Å². The molecule has 5 nitrogen and oxygen atoms in total. The number of hydrogen-bond donors (Lipinski definition) is 2. The summed E-state index contributed by atoms with van der Waals surface area (Å²) in [5, 5.41) is 2.96. The Balaban J connectivity index is 1.69. The van der Waals surface area contributed by atoms with E-state index in [1.165, 1.54) is 12.8 Å². The Bertz CT molecular complexity index is 775. The first-order valence-electron chi connectivity index (χ1n) is 9.59. The smallest absolute Gasteiger partial charge is 0.255 e. The number of benzene rings is 2. The number of nitrogens with two attached hydrogens (primary N) is 1. The third-order valence-electron chi connectivity index (χ3n) is 4.78. The lowest BCUT2D eigenvalue weighted by atomic mass is 10.0. The number of rotatable bonds is 7. The quantitative estimate of drug-likeness (QED) is 0.768. The van der Waals surface area contributed by atoms with Crippen LogP contribution in [-0.4, -0.2) is 25.2 Å². The Morgan fingerprint density at radius 1 is 1.15 bits per heavy atom. The van der Waals surface area contributed by atoms with Crippen molar-refractivity contribution in [3.05, 3.63) is 53.1 Å². The molecule has 0 unspecified atom stereocenters. The average molecular weight is 368 g/mol. The molecule has 3 N–H and O–H groups in total. The van der Waals surface area contributed by atoms with E-state index in [0.29, 0.717) is 24.8 Å². The lowest BCUT2D eigenvalue weighted by Gasteiger charge is -2.15. The van der Waals surface area contributed by atoms with Gasteiger partial charge < -0.3 is 20.5 Å². The van der Waals surface area contributed by atoms with Gasteiger partial charge in [-0.05, 0) is 74.9 Å². The molecule has 0 radical (unpaired) electrons. The number of aryl methyl sites for hydroxylation is 2. The average Bonchev–Trinajstić information content (AvgIpc) is 3.14. The number of nitrogens with one attached hydrogen (secondary N) is 1. The second-order valence-corrected chi connectivity index (χ2v) is 7.08. The number of hydrogen-bond acceptors (Lipinski definition) is 4. The Morgan fingerprint density at radius 2 is 1.85 bits per heavy atom. The number of carbonyl (C=O) groups excluding carboxylic acids is 1. The zero-order chi connectivity index (χ0) is 19.2. The highest BCUT2D eigenvalue weighted by Crippen LogP contribution is 2.27. The Hall–Kier alpha value is -2.53. The maximum atomic E-state index is 12.7. The molecule has 5 heteroatoms. The lowest BCUT2D eigenvalue weighted by molar-refractivity contribution is 0.102. The van der Waals surface area contributed by atoms with Gasteiger partial charge in [-0.3, -0.25) is 4.79 Å². The van der Waals surface area contributed by atoms with Crippen LogP contribution in [0, 0.1) is 13.8 Å². The fourth-order valence-corrected chi connectivity index (χ4v) is 3.52. The summed E-state index contributed by atoms with van der Waals surface area (Å²) >= 11 is 0. The summed E-state index contributed by atoms with van der Waals surface area (Å²) in [7, 11) is 0. The third kappa shape index (κ3) is 5.01. The highest BCUT2D eigenvalue weighted by molar-refractivity contribution is 6.04. The zero-order valence-corrected chi connectivity index (χ0v) is 16.1. The Kier molecular flexibility index (Phi) is 6.35. The van der Waals surface area contributed by atoms with E-state index < -0.39 is 0 Å². The van der Waals surface area contributed by atoms with Gasteiger partial charge in [-0.2, -0.15) is 0 Å². The van der Waals surface area contributed by atoms with Gasteiger partial charge in [0.15, 0.2) is 0 Å². The van der Waals surface area contributed by atoms with Crippen molar-refractivity contribution >= 4 is 11.6 Å². The standard InChI is InChI=1S/C22H28N2O3/c1-15-12-17(13-16(2)21(15)26-11-10-23)22(25)24-18-6-5-9-20(14-18)27-19-7-3-4-8-19/h5-6,9,12-14,19H,3-4,7-8,10-11,23H2,1-2H3,(H,24,25). The molecule has 2 aromatic rings. The molecule has 1 fully saturated rings. The topological polar surface area (TPSA) is 73.6 Å². The van der Waals surface area contributed by atoms with Gasteiger partial charge in [0.1, 0.15) is 18.1 Å². The molecule has 27 heavy (non-hydrogen) atoms. The van der Waals surface area contributed by atoms with Crippen molar-refractivity contribution < 1.29 is 14.3 Å². The highest BCUT2D eigenvalue weighted by atomic mass is 16.5. The summed E-state index contributed by atoms with van der Waals surface area (Å²) in [6, 6.07) is 11.3. The molecule has 0 aromatic heterocycles. The summed E-state index contributed by atoms with van der Waals surface area (Å²) < 4.78 is 11.7. The molecular formula is C22H28N2O3. The molecule has 0 bridgehead atoms. The van der Waals surface area contributed by atoms with Crippen LogP contribution >= 0.6 is 0 Å². The van der Waals surface area contributed by atoms with Crippen LogP contribution in [0.5, 0.6) is 11.5 Å². The predicted octanol–water partition coefficient (Wildman–Crippen LogP) is 4.21. The molecule has 1 aliphatic rings. The number of anilines is 1. The van der Waals surface area contributed by atoms with Crippen molar-refractivity contribution in [1.82, 2.24) is 0 Å². The van der Waals surface area contributed by atoms with Gasteiger partial charge in [0.05, 0.1) is 6.10 Å². The molecular weight excluding hydrogens is 340 g/mol. The van der Waals surface area contributed by atoms with Gasteiger partial charge >= 0.3 is 0 Å². The van der Waals surface area contributed by atoms with E-state index in [1.54, 1.807) is 0 Å². The summed E-state index contributed by atoms with van der Waals surface area (Å²) in [4.78, 5) is 12.7. The number of ether oxygens (including phenoxy) is 2. The first kappa shape index (κ1) is 19.2. The third-order valence-corrected chi connectivity index (χ3v) is 4.78. The maximum absolute atomic E-state index is 12.7. The van der Waals surface area contributed by atoms with Crippen molar-refractivity contribution in [3.63, 3.8) is 0 Å². The molecule has 0 heterocycles. The van der Waals surface area contributed by atoms with E-state index >= 15 is 0 Å². The summed E-state index contributed by atoms with van der Waals surface area (Å²) in [6.45, 7) is 4.79. The molecule has 3 rings (SSSR count). The fourth-order valence-electron chi connectivity index (χ4n) is 3.52. The molecule has 1 aliphatic carbocycles. The van der Waals surface area contributed by atoms with Crippen molar-refractivity contribution in [2.75, 3.05) is 18.5 Å². The lowest BCUT2D eigenvalue weighted by Crippen LogP contribution is -2.15. The van der Waals surface area contributed by atoms with Crippen LogP contribution < -0.4 is 20.5 Å². The minimum atomic E-state index is -0.149. The van der Waals surface area contributed by atoms with E-state index in [1.807, 2.05) is 50.2 Å². The van der Waals surface area contributed by atoms with Gasteiger partial charge in [0, 0.05) is 23.9 Å². The minimum Gasteiger partial charge on any atom is -0.492 e. The van der Waals surface area contributed by atoms with Crippen molar-refractivity contribution in [3.8, 4) is 11.5 Å². The molecule has 1 saturated carbocycles. The van der Waals surface area contributed by atoms with E-state index in [9.17, 15) is 4.79 Å². The van der Waals surface area contributed by atoms with Crippen molar-refractivity contribution in [2.45, 2.75) is 45.6 Å². The zero-order valence-electron chi connectivity index (χ0n) is 16.1. The Labute approximate surface area is 160 Å². The molecule has 0 spiro atoms. The van der Waals surface area contributed by atoms with Crippen molar-refractivity contribution in [2.24, 2.45) is 5.73 Å². The van der Waals surface area contributed by atoms with Crippen LogP contribution in [0.4, 0.5) is 5.69 Å². The maximum Gasteiger partial charge on any atom is 0.255 e. The largest absolute Gasteiger partial charge is 0.492 e. The van der Waals surface area contributed by atoms with E-state index in [2.05, 4.69) is 5.32 Å². The van der Waals surface area contributed by atoms with E-state index in [0.717, 1.165) is 41.2 Å². The molecule has 144 valence electrons. The Morgan fingerprint density at radius 3 is 2.52 bits per heavy atom. The fraction of sp³-hybridized carbons (Fsp3) is 0.409. The van der Waals surface area contributed by atoms with Gasteiger partial charge in [0.2, 0.25) is 0 Å². The van der Waals surface area contributed by atoms with Crippen LogP contribution in [0.25, 0.3) is 0 Å². The summed E-state index contributed by atoms with van der Waals surface area (Å²) in [5.41, 5.74) is 8.69. The molecule has 2 aromatic carbocycles. The molecule has 0 saturated heterocycles. The monoisotopic (exact) mass is 368 g/mol. The SMILES string of the molecule is Cc1cc(C(=O)Nc2cccc(OC3CCCC3)c2)cc(C)c1OCCN. The molecule has 1 amide bonds. The van der Waals surface area contributed by atoms with Gasteiger partial charge in [-0.1, -0.05) is 6.07 Å². The van der Waals surface area contributed by atoms with Crippen LogP contribution in [-0.2, 0) is 0 Å². The van der Waals surface area contributed by atoms with Crippen LogP contribution in [0.1, 0.15) is 47.2 Å². The van der Waals surface area contributed by atoms with Gasteiger partial charge in [0.25, 0.3) is 5.91 Å². The van der Waals surface area contributed by atoms with Crippen molar-refractivity contribution in [1.29, 1.82) is 0 Å². The minimum absolute atomic E-state index is 0.149. The highest BCUT2D eigenvalue weighted by Gasteiger charge is 2.17. The van der Waals surface area contributed by atoms with Gasteiger partial charge in [-0.25, -0.2) is 0 Å². The van der Waals surface area contributed by atoms with Crippen LogP contribution in [0.15, 0.2) is 36.4 Å². The molecule has 0 atom stereocenters. The normalized spacial score (nSPS) is 14.2.